The van der Waals surface area contributed by atoms with E-state index in [2.05, 4.69) is 21.2 Å². The Balaban J connectivity index is 1.29. The summed E-state index contributed by atoms with van der Waals surface area (Å²) in [5, 5.41) is 12.9. The van der Waals surface area contributed by atoms with Crippen LogP contribution in [0.15, 0.2) is 60.7 Å². The number of nitrogens with zero attached hydrogens (tertiary/aromatic N) is 2. The monoisotopic (exact) mass is 493 g/mol. The van der Waals surface area contributed by atoms with Gasteiger partial charge in [0.1, 0.15) is 0 Å². The summed E-state index contributed by atoms with van der Waals surface area (Å²) in [6.45, 7) is 4.17. The molecule has 0 unspecified atom stereocenters. The van der Waals surface area contributed by atoms with E-state index in [9.17, 15) is 14.7 Å². The average Bonchev–Trinajstić information content (AvgIpc) is 3.33. The number of amides is 1. The second-order valence-electron chi connectivity index (χ2n) is 8.45. The number of carbonyl (C=O) groups is 2. The lowest BCUT2D eigenvalue weighted by Gasteiger charge is -2.37. The third-order valence-corrected chi connectivity index (χ3v) is 6.41. The van der Waals surface area contributed by atoms with Crippen molar-refractivity contribution >= 4 is 34.9 Å². The predicted molar refractivity (Wildman–Crippen MR) is 133 cm³/mol. The molecule has 0 aliphatic carbocycles. The van der Waals surface area contributed by atoms with Gasteiger partial charge in [0.05, 0.1) is 16.9 Å². The first-order valence-electron chi connectivity index (χ1n) is 11.3. The van der Waals surface area contributed by atoms with Crippen molar-refractivity contribution in [2.24, 2.45) is 0 Å². The van der Waals surface area contributed by atoms with Crippen molar-refractivity contribution in [2.45, 2.75) is 6.54 Å². The van der Waals surface area contributed by atoms with Gasteiger partial charge in [-0.15, -0.1) is 0 Å². The number of rotatable bonds is 6. The van der Waals surface area contributed by atoms with Gasteiger partial charge in [-0.3, -0.25) is 9.69 Å². The van der Waals surface area contributed by atoms with Gasteiger partial charge in [0.25, 0.3) is 5.91 Å². The standard InChI is InChI=1S/C26H24ClN3O5/c27-20-5-2-18(3-6-20)25(31)28-21-14-19(26(32)33)4-7-22(21)30-11-9-29(10-12-30)15-17-1-8-23-24(13-17)35-16-34-23/h1-8,13-14H,9-12,15-16H2,(H,28,31)(H,32,33). The molecule has 5 rings (SSSR count). The average molecular weight is 494 g/mol. The first-order chi connectivity index (χ1) is 17.0. The Morgan fingerprint density at radius 2 is 1.60 bits per heavy atom. The number of anilines is 2. The fourth-order valence-electron chi connectivity index (χ4n) is 4.29. The Morgan fingerprint density at radius 3 is 2.34 bits per heavy atom. The van der Waals surface area contributed by atoms with Crippen molar-refractivity contribution in [3.63, 3.8) is 0 Å². The molecule has 1 fully saturated rings. The number of hydrogen-bond acceptors (Lipinski definition) is 6. The van der Waals surface area contributed by atoms with Crippen LogP contribution in [0.5, 0.6) is 11.5 Å². The molecule has 2 heterocycles. The predicted octanol–water partition coefficient (Wildman–Crippen LogP) is 4.34. The van der Waals surface area contributed by atoms with Crippen LogP contribution in [-0.4, -0.2) is 54.9 Å². The number of nitrogens with one attached hydrogen (secondary N) is 1. The molecular formula is C26H24ClN3O5. The Hall–Kier alpha value is -3.75. The first kappa shape index (κ1) is 23.0. The summed E-state index contributed by atoms with van der Waals surface area (Å²) in [6, 6.07) is 17.4. The summed E-state index contributed by atoms with van der Waals surface area (Å²) in [6.07, 6.45) is 0. The highest BCUT2D eigenvalue weighted by Crippen LogP contribution is 2.33. The van der Waals surface area contributed by atoms with Crippen molar-refractivity contribution in [1.29, 1.82) is 0 Å². The Labute approximate surface area is 207 Å². The van der Waals surface area contributed by atoms with Gasteiger partial charge in [-0.1, -0.05) is 17.7 Å². The third-order valence-electron chi connectivity index (χ3n) is 6.15. The number of ether oxygens (including phenoxy) is 2. The van der Waals surface area contributed by atoms with Crippen LogP contribution >= 0.6 is 11.6 Å². The molecule has 0 radical (unpaired) electrons. The van der Waals surface area contributed by atoms with Crippen molar-refractivity contribution in [3.8, 4) is 11.5 Å². The minimum atomic E-state index is -1.05. The molecule has 0 atom stereocenters. The zero-order valence-corrected chi connectivity index (χ0v) is 19.6. The molecule has 0 aromatic heterocycles. The number of halogens is 1. The van der Waals surface area contributed by atoms with E-state index in [1.807, 2.05) is 12.1 Å². The van der Waals surface area contributed by atoms with Crippen LogP contribution in [0, 0.1) is 0 Å². The molecule has 35 heavy (non-hydrogen) atoms. The molecule has 0 saturated carbocycles. The molecule has 9 heteroatoms. The highest BCUT2D eigenvalue weighted by atomic mass is 35.5. The van der Waals surface area contributed by atoms with E-state index in [0.29, 0.717) is 16.3 Å². The third kappa shape index (κ3) is 5.18. The van der Waals surface area contributed by atoms with E-state index in [4.69, 9.17) is 21.1 Å². The molecule has 1 amide bonds. The van der Waals surface area contributed by atoms with Crippen molar-refractivity contribution in [1.82, 2.24) is 4.90 Å². The highest BCUT2D eigenvalue weighted by Gasteiger charge is 2.22. The zero-order valence-electron chi connectivity index (χ0n) is 18.9. The fourth-order valence-corrected chi connectivity index (χ4v) is 4.41. The Kier molecular flexibility index (Phi) is 6.48. The smallest absolute Gasteiger partial charge is 0.335 e. The van der Waals surface area contributed by atoms with Gasteiger partial charge < -0.3 is 24.8 Å². The molecule has 2 aliphatic rings. The summed E-state index contributed by atoms with van der Waals surface area (Å²) in [5.41, 5.74) is 2.97. The first-order valence-corrected chi connectivity index (χ1v) is 11.6. The maximum atomic E-state index is 12.8. The van der Waals surface area contributed by atoms with Crippen LogP contribution < -0.4 is 19.7 Å². The molecule has 8 nitrogen and oxygen atoms in total. The number of hydrogen-bond donors (Lipinski definition) is 2. The molecule has 1 saturated heterocycles. The summed E-state index contributed by atoms with van der Waals surface area (Å²) >= 11 is 5.93. The molecule has 3 aromatic rings. The highest BCUT2D eigenvalue weighted by molar-refractivity contribution is 6.30. The number of carboxylic acids is 1. The summed E-state index contributed by atoms with van der Waals surface area (Å²) < 4.78 is 10.9. The molecular weight excluding hydrogens is 470 g/mol. The van der Waals surface area contributed by atoms with E-state index < -0.39 is 5.97 Å². The van der Waals surface area contributed by atoms with Gasteiger partial charge in [0.2, 0.25) is 6.79 Å². The maximum Gasteiger partial charge on any atom is 0.335 e. The summed E-state index contributed by atoms with van der Waals surface area (Å²) in [4.78, 5) is 28.9. The van der Waals surface area contributed by atoms with Gasteiger partial charge in [-0.2, -0.15) is 0 Å². The molecule has 180 valence electrons. The quantitative estimate of drug-likeness (QED) is 0.527. The number of piperazine rings is 1. The lowest BCUT2D eigenvalue weighted by atomic mass is 10.1. The summed E-state index contributed by atoms with van der Waals surface area (Å²) in [7, 11) is 0. The number of fused-ring (bicyclic) bond motifs is 1. The maximum absolute atomic E-state index is 12.8. The normalized spacial score (nSPS) is 15.2. The van der Waals surface area contributed by atoms with Gasteiger partial charge in [-0.05, 0) is 60.2 Å². The molecule has 2 N–H and O–H groups in total. The van der Waals surface area contributed by atoms with Gasteiger partial charge in [-0.25, -0.2) is 4.79 Å². The Morgan fingerprint density at radius 1 is 0.886 bits per heavy atom. The van der Waals surface area contributed by atoms with Gasteiger partial charge in [0.15, 0.2) is 11.5 Å². The SMILES string of the molecule is O=C(O)c1ccc(N2CCN(Cc3ccc4c(c3)OCO4)CC2)c(NC(=O)c2ccc(Cl)cc2)c1. The van der Waals surface area contributed by atoms with Crippen LogP contribution in [0.3, 0.4) is 0 Å². The van der Waals surface area contributed by atoms with Crippen molar-refractivity contribution in [2.75, 3.05) is 43.2 Å². The second-order valence-corrected chi connectivity index (χ2v) is 8.89. The number of carboxylic acid groups (broad SMARTS) is 1. The molecule has 0 bridgehead atoms. The second kappa shape index (κ2) is 9.85. The number of carbonyl (C=O) groups excluding carboxylic acids is 1. The molecule has 0 spiro atoms. The lowest BCUT2D eigenvalue weighted by Crippen LogP contribution is -2.46. The van der Waals surface area contributed by atoms with Crippen LogP contribution in [0.25, 0.3) is 0 Å². The minimum Gasteiger partial charge on any atom is -0.478 e. The van der Waals surface area contributed by atoms with Crippen LogP contribution in [0.4, 0.5) is 11.4 Å². The number of aromatic carboxylic acids is 1. The largest absolute Gasteiger partial charge is 0.478 e. The fraction of sp³-hybridized carbons (Fsp3) is 0.231. The lowest BCUT2D eigenvalue weighted by molar-refractivity contribution is 0.0696. The van der Waals surface area contributed by atoms with E-state index >= 15 is 0 Å². The van der Waals surface area contributed by atoms with E-state index in [1.165, 1.54) is 6.07 Å². The van der Waals surface area contributed by atoms with Crippen LogP contribution in [0.1, 0.15) is 26.3 Å². The van der Waals surface area contributed by atoms with E-state index in [1.54, 1.807) is 36.4 Å². The van der Waals surface area contributed by atoms with Crippen LogP contribution in [0.2, 0.25) is 5.02 Å². The Bertz CT molecular complexity index is 1260. The minimum absolute atomic E-state index is 0.113. The van der Waals surface area contributed by atoms with Crippen molar-refractivity contribution < 1.29 is 24.2 Å². The topological polar surface area (TPSA) is 91.3 Å². The zero-order chi connectivity index (χ0) is 24.4. The molecule has 2 aliphatic heterocycles. The van der Waals surface area contributed by atoms with E-state index in [0.717, 1.165) is 55.5 Å². The van der Waals surface area contributed by atoms with Crippen molar-refractivity contribution in [3.05, 3.63) is 82.4 Å². The van der Waals surface area contributed by atoms with Crippen LogP contribution in [-0.2, 0) is 6.54 Å². The van der Waals surface area contributed by atoms with Gasteiger partial charge in [0, 0.05) is 43.3 Å². The summed E-state index contributed by atoms with van der Waals surface area (Å²) in [5.74, 6) is 0.177. The molecule has 3 aromatic carbocycles. The number of benzene rings is 3. The van der Waals surface area contributed by atoms with E-state index in [-0.39, 0.29) is 18.3 Å². The van der Waals surface area contributed by atoms with Gasteiger partial charge >= 0.3 is 5.97 Å².